The maximum Gasteiger partial charge on any atom is 0.261 e. The fourth-order valence-electron chi connectivity index (χ4n) is 1.56. The molecule has 0 bridgehead atoms. The molecule has 1 amide bonds. The van der Waals surface area contributed by atoms with Gasteiger partial charge in [0.15, 0.2) is 6.10 Å². The Morgan fingerprint density at radius 1 is 1.58 bits per heavy atom. The number of amides is 1. The first-order chi connectivity index (χ1) is 9.08. The number of hydrogen-bond donors (Lipinski definition) is 2. The standard InChI is InChI=1S/C14H21N3O2/c1-5-8-16-14(18)11(3)19-13-7-6-10(2)17-12(13)9-15-4/h5-7,11,15H,1,8-9H2,2-4H3,(H,16,18). The van der Waals surface area contributed by atoms with Crippen LogP contribution in [0.4, 0.5) is 0 Å². The third kappa shape index (κ3) is 4.71. The van der Waals surface area contributed by atoms with Crippen LogP contribution < -0.4 is 15.4 Å². The van der Waals surface area contributed by atoms with E-state index in [0.29, 0.717) is 18.8 Å². The Morgan fingerprint density at radius 2 is 2.32 bits per heavy atom. The van der Waals surface area contributed by atoms with Crippen LogP contribution >= 0.6 is 0 Å². The number of hydrogen-bond acceptors (Lipinski definition) is 4. The van der Waals surface area contributed by atoms with Gasteiger partial charge in [0, 0.05) is 18.8 Å². The zero-order valence-electron chi connectivity index (χ0n) is 11.7. The van der Waals surface area contributed by atoms with Gasteiger partial charge in [0.1, 0.15) is 5.75 Å². The van der Waals surface area contributed by atoms with Crippen molar-refractivity contribution in [2.75, 3.05) is 13.6 Å². The molecule has 0 aliphatic carbocycles. The first-order valence-electron chi connectivity index (χ1n) is 6.25. The highest BCUT2D eigenvalue weighted by Gasteiger charge is 2.16. The molecule has 0 aliphatic heterocycles. The lowest BCUT2D eigenvalue weighted by Gasteiger charge is -2.16. The van der Waals surface area contributed by atoms with Gasteiger partial charge in [0.05, 0.1) is 5.69 Å². The highest BCUT2D eigenvalue weighted by atomic mass is 16.5. The van der Waals surface area contributed by atoms with Gasteiger partial charge in [0.25, 0.3) is 5.91 Å². The van der Waals surface area contributed by atoms with Crippen molar-refractivity contribution in [2.24, 2.45) is 0 Å². The molecule has 0 saturated heterocycles. The lowest BCUT2D eigenvalue weighted by molar-refractivity contribution is -0.127. The second-order valence-electron chi connectivity index (χ2n) is 4.22. The van der Waals surface area contributed by atoms with E-state index < -0.39 is 6.10 Å². The Bertz CT molecular complexity index is 446. The van der Waals surface area contributed by atoms with Crippen LogP contribution in [0.15, 0.2) is 24.8 Å². The summed E-state index contributed by atoms with van der Waals surface area (Å²) in [6, 6.07) is 3.70. The molecule has 19 heavy (non-hydrogen) atoms. The highest BCUT2D eigenvalue weighted by Crippen LogP contribution is 2.18. The van der Waals surface area contributed by atoms with Crippen LogP contribution in [-0.4, -0.2) is 30.6 Å². The molecular formula is C14H21N3O2. The number of carbonyl (C=O) groups is 1. The van der Waals surface area contributed by atoms with Gasteiger partial charge >= 0.3 is 0 Å². The molecule has 0 saturated carbocycles. The van der Waals surface area contributed by atoms with E-state index in [2.05, 4.69) is 22.2 Å². The van der Waals surface area contributed by atoms with E-state index in [1.165, 1.54) is 0 Å². The minimum Gasteiger partial charge on any atom is -0.479 e. The van der Waals surface area contributed by atoms with Crippen molar-refractivity contribution < 1.29 is 9.53 Å². The van der Waals surface area contributed by atoms with Crippen LogP contribution in [0.2, 0.25) is 0 Å². The fourth-order valence-corrected chi connectivity index (χ4v) is 1.56. The summed E-state index contributed by atoms with van der Waals surface area (Å²) in [6.07, 6.45) is 1.06. The second kappa shape index (κ2) is 7.53. The summed E-state index contributed by atoms with van der Waals surface area (Å²) in [7, 11) is 1.84. The van der Waals surface area contributed by atoms with E-state index >= 15 is 0 Å². The molecule has 1 atom stereocenters. The molecule has 1 aromatic rings. The summed E-state index contributed by atoms with van der Waals surface area (Å²) in [4.78, 5) is 16.1. The minimum atomic E-state index is -0.569. The predicted molar refractivity (Wildman–Crippen MR) is 75.0 cm³/mol. The molecule has 0 radical (unpaired) electrons. The monoisotopic (exact) mass is 263 g/mol. The first-order valence-corrected chi connectivity index (χ1v) is 6.25. The highest BCUT2D eigenvalue weighted by molar-refractivity contribution is 5.80. The van der Waals surface area contributed by atoms with Gasteiger partial charge in [-0.3, -0.25) is 9.78 Å². The van der Waals surface area contributed by atoms with E-state index in [1.807, 2.05) is 26.1 Å². The van der Waals surface area contributed by atoms with Gasteiger partial charge in [-0.25, -0.2) is 0 Å². The Morgan fingerprint density at radius 3 is 2.95 bits per heavy atom. The van der Waals surface area contributed by atoms with Crippen molar-refractivity contribution in [3.05, 3.63) is 36.2 Å². The van der Waals surface area contributed by atoms with E-state index in [1.54, 1.807) is 13.0 Å². The Labute approximate surface area is 114 Å². The average molecular weight is 263 g/mol. The molecule has 1 unspecified atom stereocenters. The van der Waals surface area contributed by atoms with Crippen molar-refractivity contribution in [3.8, 4) is 5.75 Å². The SMILES string of the molecule is C=CCNC(=O)C(C)Oc1ccc(C)nc1CNC. The summed E-state index contributed by atoms with van der Waals surface area (Å²) in [5, 5.41) is 5.73. The maximum absolute atomic E-state index is 11.7. The van der Waals surface area contributed by atoms with Crippen molar-refractivity contribution in [2.45, 2.75) is 26.5 Å². The van der Waals surface area contributed by atoms with Crippen molar-refractivity contribution in [3.63, 3.8) is 0 Å². The summed E-state index contributed by atoms with van der Waals surface area (Å²) in [5.74, 6) is 0.456. The third-order valence-corrected chi connectivity index (χ3v) is 2.51. The minimum absolute atomic E-state index is 0.170. The zero-order valence-corrected chi connectivity index (χ0v) is 11.7. The first kappa shape index (κ1) is 15.2. The summed E-state index contributed by atoms with van der Waals surface area (Å²) in [5.41, 5.74) is 1.72. The number of pyridine rings is 1. The number of aryl methyl sites for hydroxylation is 1. The molecule has 104 valence electrons. The molecule has 0 aromatic carbocycles. The van der Waals surface area contributed by atoms with Crippen molar-refractivity contribution in [1.82, 2.24) is 15.6 Å². The third-order valence-electron chi connectivity index (χ3n) is 2.51. The number of carbonyl (C=O) groups excluding carboxylic acids is 1. The van der Waals surface area contributed by atoms with Crippen LogP contribution in [0.3, 0.4) is 0 Å². The molecule has 0 spiro atoms. The zero-order chi connectivity index (χ0) is 14.3. The molecular weight excluding hydrogens is 242 g/mol. The molecule has 0 fully saturated rings. The lowest BCUT2D eigenvalue weighted by Crippen LogP contribution is -2.36. The molecule has 5 heteroatoms. The van der Waals surface area contributed by atoms with E-state index in [-0.39, 0.29) is 5.91 Å². The predicted octanol–water partition coefficient (Wildman–Crippen LogP) is 1.18. The molecule has 2 N–H and O–H groups in total. The molecule has 5 nitrogen and oxygen atoms in total. The van der Waals surface area contributed by atoms with Gasteiger partial charge in [0.2, 0.25) is 0 Å². The average Bonchev–Trinajstić information content (AvgIpc) is 2.39. The largest absolute Gasteiger partial charge is 0.479 e. The van der Waals surface area contributed by atoms with E-state index in [9.17, 15) is 4.79 Å². The number of aromatic nitrogens is 1. The van der Waals surface area contributed by atoms with Crippen LogP contribution in [0.25, 0.3) is 0 Å². The van der Waals surface area contributed by atoms with Crippen LogP contribution in [0.1, 0.15) is 18.3 Å². The molecule has 1 heterocycles. The van der Waals surface area contributed by atoms with Gasteiger partial charge in [-0.15, -0.1) is 6.58 Å². The topological polar surface area (TPSA) is 63.2 Å². The van der Waals surface area contributed by atoms with Crippen LogP contribution in [-0.2, 0) is 11.3 Å². The van der Waals surface area contributed by atoms with Crippen LogP contribution in [0.5, 0.6) is 5.75 Å². The summed E-state index contributed by atoms with van der Waals surface area (Å²) < 4.78 is 5.66. The number of nitrogens with zero attached hydrogens (tertiary/aromatic N) is 1. The molecule has 1 rings (SSSR count). The smallest absolute Gasteiger partial charge is 0.261 e. The summed E-state index contributed by atoms with van der Waals surface area (Å²) >= 11 is 0. The van der Waals surface area contributed by atoms with Crippen LogP contribution in [0, 0.1) is 6.92 Å². The molecule has 1 aromatic heterocycles. The van der Waals surface area contributed by atoms with E-state index in [0.717, 1.165) is 11.4 Å². The molecule has 0 aliphatic rings. The Kier molecular flexibility index (Phi) is 6.02. The van der Waals surface area contributed by atoms with Crippen molar-refractivity contribution >= 4 is 5.91 Å². The maximum atomic E-state index is 11.7. The van der Waals surface area contributed by atoms with Gasteiger partial charge in [-0.1, -0.05) is 6.08 Å². The fraction of sp³-hybridized carbons (Fsp3) is 0.429. The Balaban J connectivity index is 2.74. The van der Waals surface area contributed by atoms with Crippen molar-refractivity contribution in [1.29, 1.82) is 0 Å². The number of rotatable bonds is 7. The number of nitrogens with one attached hydrogen (secondary N) is 2. The number of ether oxygens (including phenoxy) is 1. The second-order valence-corrected chi connectivity index (χ2v) is 4.22. The normalized spacial score (nSPS) is 11.7. The van der Waals surface area contributed by atoms with Gasteiger partial charge in [-0.05, 0) is 33.0 Å². The Hall–Kier alpha value is -1.88. The lowest BCUT2D eigenvalue weighted by atomic mass is 10.2. The van der Waals surface area contributed by atoms with E-state index in [4.69, 9.17) is 4.74 Å². The summed E-state index contributed by atoms with van der Waals surface area (Å²) in [6.45, 7) is 8.21. The quantitative estimate of drug-likeness (QED) is 0.725. The van der Waals surface area contributed by atoms with Gasteiger partial charge in [-0.2, -0.15) is 0 Å². The van der Waals surface area contributed by atoms with Gasteiger partial charge < -0.3 is 15.4 Å².